The fourth-order valence-electron chi connectivity index (χ4n) is 3.52. The van der Waals surface area contributed by atoms with Crippen LogP contribution in [0.3, 0.4) is 0 Å². The number of rotatable bonds is 4. The fraction of sp³-hybridized carbons (Fsp3) is 0.0417. The number of nitrogens with one attached hydrogen (secondary N) is 2. The predicted molar refractivity (Wildman–Crippen MR) is 129 cm³/mol. The highest BCUT2D eigenvalue weighted by Crippen LogP contribution is 2.33. The average Bonchev–Trinajstić information content (AvgIpc) is 3.22. The molecule has 0 saturated carbocycles. The van der Waals surface area contributed by atoms with Crippen LogP contribution in [0.25, 0.3) is 5.70 Å². The van der Waals surface area contributed by atoms with Crippen LogP contribution >= 0.6 is 24.0 Å². The molecule has 1 aliphatic rings. The summed E-state index contributed by atoms with van der Waals surface area (Å²) in [6, 6.07) is 18.1. The molecule has 172 valence electrons. The number of fused-ring (bicyclic) bond motifs is 1. The topological polar surface area (TPSA) is 71.8 Å². The number of hydrogen-bond donors (Lipinski definition) is 2. The van der Waals surface area contributed by atoms with E-state index in [4.69, 9.17) is 11.6 Å². The van der Waals surface area contributed by atoms with Crippen molar-refractivity contribution in [3.05, 3.63) is 112 Å². The lowest BCUT2D eigenvalue weighted by Crippen LogP contribution is -2.20. The van der Waals surface area contributed by atoms with Crippen LogP contribution in [0.2, 0.25) is 5.02 Å². The molecule has 0 radical (unpaired) electrons. The number of anilines is 2. The van der Waals surface area contributed by atoms with E-state index in [-0.39, 0.29) is 29.7 Å². The summed E-state index contributed by atoms with van der Waals surface area (Å²) in [5.41, 5.74) is 2.69. The monoisotopic (exact) mass is 499 g/mol. The molecule has 5 rings (SSSR count). The van der Waals surface area contributed by atoms with Crippen molar-refractivity contribution >= 4 is 47.5 Å². The molecule has 1 aromatic heterocycles. The molecule has 0 fully saturated rings. The van der Waals surface area contributed by atoms with Crippen LogP contribution in [0.4, 0.5) is 20.7 Å². The first-order chi connectivity index (χ1) is 16.0. The van der Waals surface area contributed by atoms with E-state index in [1.807, 2.05) is 18.2 Å². The van der Waals surface area contributed by atoms with Gasteiger partial charge in [-0.1, -0.05) is 35.9 Å². The highest BCUT2D eigenvalue weighted by Gasteiger charge is 2.26. The van der Waals surface area contributed by atoms with Crippen molar-refractivity contribution in [1.82, 2.24) is 14.8 Å². The standard InChI is InChI=1S/C24H16ClF2N5O.ClH/c25-17-7-1-14(2-8-17)20-13-21(15-3-9-18(26)10-4-15)32-24(28-20)30-23(31-32)29-22(33)16-5-11-19(27)12-6-16;/h1-13,21H,(H2,28,29,30,31,33);1H. The Morgan fingerprint density at radius 2 is 1.56 bits per heavy atom. The van der Waals surface area contributed by atoms with Crippen molar-refractivity contribution < 1.29 is 13.6 Å². The molecule has 0 saturated heterocycles. The highest BCUT2D eigenvalue weighted by atomic mass is 35.5. The Kier molecular flexibility index (Phi) is 6.63. The maximum absolute atomic E-state index is 13.5. The van der Waals surface area contributed by atoms with Crippen molar-refractivity contribution in [3.8, 4) is 0 Å². The van der Waals surface area contributed by atoms with Gasteiger partial charge >= 0.3 is 0 Å². The summed E-state index contributed by atoms with van der Waals surface area (Å²) in [4.78, 5) is 16.9. The number of nitrogens with zero attached hydrogens (tertiary/aromatic N) is 3. The first kappa shape index (κ1) is 23.4. The number of carbonyl (C=O) groups excluding carboxylic acids is 1. The Hall–Kier alpha value is -3.75. The summed E-state index contributed by atoms with van der Waals surface area (Å²) in [6.07, 6.45) is 1.93. The van der Waals surface area contributed by atoms with E-state index in [2.05, 4.69) is 20.7 Å². The maximum Gasteiger partial charge on any atom is 0.258 e. The number of hydrogen-bond acceptors (Lipinski definition) is 4. The van der Waals surface area contributed by atoms with E-state index >= 15 is 0 Å². The van der Waals surface area contributed by atoms with Crippen LogP contribution in [-0.4, -0.2) is 20.7 Å². The average molecular weight is 500 g/mol. The molecule has 0 bridgehead atoms. The quantitative estimate of drug-likeness (QED) is 0.364. The lowest BCUT2D eigenvalue weighted by atomic mass is 10.0. The summed E-state index contributed by atoms with van der Waals surface area (Å²) >= 11 is 6.02. The van der Waals surface area contributed by atoms with Gasteiger partial charge in [-0.15, -0.1) is 17.5 Å². The van der Waals surface area contributed by atoms with E-state index in [0.717, 1.165) is 16.8 Å². The first-order valence-corrected chi connectivity index (χ1v) is 10.4. The molecule has 4 aromatic rings. The van der Waals surface area contributed by atoms with E-state index in [1.54, 1.807) is 28.9 Å². The van der Waals surface area contributed by atoms with Crippen LogP contribution in [0.5, 0.6) is 0 Å². The molecule has 0 aliphatic carbocycles. The second-order valence-corrected chi connectivity index (χ2v) is 7.81. The fourth-order valence-corrected chi connectivity index (χ4v) is 3.64. The molecule has 1 aliphatic heterocycles. The molecule has 6 nitrogen and oxygen atoms in total. The van der Waals surface area contributed by atoms with E-state index in [9.17, 15) is 13.6 Å². The van der Waals surface area contributed by atoms with Crippen LogP contribution in [0, 0.1) is 11.6 Å². The van der Waals surface area contributed by atoms with Crippen molar-refractivity contribution in [2.45, 2.75) is 6.04 Å². The highest BCUT2D eigenvalue weighted by molar-refractivity contribution is 6.30. The Morgan fingerprint density at radius 3 is 2.21 bits per heavy atom. The van der Waals surface area contributed by atoms with Crippen molar-refractivity contribution in [2.75, 3.05) is 10.6 Å². The van der Waals surface area contributed by atoms with Gasteiger partial charge in [-0.05, 0) is 65.7 Å². The van der Waals surface area contributed by atoms with Gasteiger partial charge < -0.3 is 5.32 Å². The third-order valence-electron chi connectivity index (χ3n) is 5.16. The van der Waals surface area contributed by atoms with E-state index in [0.29, 0.717) is 11.0 Å². The van der Waals surface area contributed by atoms with Crippen LogP contribution in [-0.2, 0) is 0 Å². The van der Waals surface area contributed by atoms with Crippen molar-refractivity contribution in [2.24, 2.45) is 0 Å². The largest absolute Gasteiger partial charge is 0.324 e. The Morgan fingerprint density at radius 1 is 0.941 bits per heavy atom. The lowest BCUT2D eigenvalue weighted by Gasteiger charge is -2.24. The molecule has 34 heavy (non-hydrogen) atoms. The predicted octanol–water partition coefficient (Wildman–Crippen LogP) is 5.94. The van der Waals surface area contributed by atoms with Crippen LogP contribution in [0.15, 0.2) is 78.9 Å². The number of amides is 1. The minimum atomic E-state index is -0.470. The van der Waals surface area contributed by atoms with Gasteiger partial charge in [0.05, 0.1) is 0 Å². The summed E-state index contributed by atoms with van der Waals surface area (Å²) < 4.78 is 28.3. The van der Waals surface area contributed by atoms with Gasteiger partial charge in [0, 0.05) is 16.3 Å². The molecular formula is C24H17Cl2F2N5O. The normalized spacial score (nSPS) is 14.3. The van der Waals surface area contributed by atoms with Gasteiger partial charge in [0.2, 0.25) is 5.95 Å². The zero-order chi connectivity index (χ0) is 22.9. The van der Waals surface area contributed by atoms with Crippen molar-refractivity contribution in [3.63, 3.8) is 0 Å². The summed E-state index contributed by atoms with van der Waals surface area (Å²) in [5, 5.41) is 10.9. The first-order valence-electron chi connectivity index (χ1n) is 10.00. The molecule has 3 aromatic carbocycles. The zero-order valence-electron chi connectivity index (χ0n) is 17.4. The third kappa shape index (κ3) is 4.78. The van der Waals surface area contributed by atoms with Gasteiger partial charge in [-0.25, -0.2) is 13.5 Å². The van der Waals surface area contributed by atoms with E-state index < -0.39 is 17.8 Å². The molecule has 0 spiro atoms. The molecule has 1 amide bonds. The minimum Gasteiger partial charge on any atom is -0.324 e. The molecule has 2 N–H and O–H groups in total. The van der Waals surface area contributed by atoms with Gasteiger partial charge in [0.1, 0.15) is 17.7 Å². The lowest BCUT2D eigenvalue weighted by molar-refractivity contribution is 0.102. The number of halogens is 4. The van der Waals surface area contributed by atoms with Crippen LogP contribution < -0.4 is 10.6 Å². The molecule has 10 heteroatoms. The molecule has 1 unspecified atom stereocenters. The summed E-state index contributed by atoms with van der Waals surface area (Å²) in [6.45, 7) is 0. The number of aromatic nitrogens is 3. The Labute approximate surface area is 204 Å². The third-order valence-corrected chi connectivity index (χ3v) is 5.42. The zero-order valence-corrected chi connectivity index (χ0v) is 18.9. The maximum atomic E-state index is 13.5. The number of carbonyl (C=O) groups is 1. The van der Waals surface area contributed by atoms with Crippen molar-refractivity contribution in [1.29, 1.82) is 0 Å². The Balaban J connectivity index is 0.00000274. The number of benzene rings is 3. The number of allylic oxidation sites excluding steroid dienone is 1. The second kappa shape index (κ2) is 9.62. The Bertz CT molecular complexity index is 1350. The summed E-state index contributed by atoms with van der Waals surface area (Å²) in [5.74, 6) is -0.784. The van der Waals surface area contributed by atoms with Crippen LogP contribution in [0.1, 0.15) is 27.5 Å². The van der Waals surface area contributed by atoms with Gasteiger partial charge in [0.25, 0.3) is 11.9 Å². The van der Waals surface area contributed by atoms with Gasteiger partial charge in [-0.2, -0.15) is 4.98 Å². The summed E-state index contributed by atoms with van der Waals surface area (Å²) in [7, 11) is 0. The van der Waals surface area contributed by atoms with E-state index in [1.165, 1.54) is 36.4 Å². The molecule has 1 atom stereocenters. The molecule has 2 heterocycles. The minimum absolute atomic E-state index is 0. The molecular weight excluding hydrogens is 483 g/mol. The smallest absolute Gasteiger partial charge is 0.258 e. The second-order valence-electron chi connectivity index (χ2n) is 7.37. The van der Waals surface area contributed by atoms with Gasteiger partial charge in [-0.3, -0.25) is 10.1 Å². The SMILES string of the molecule is Cl.O=C(Nc1nc2n(n1)C(c1ccc(F)cc1)C=C(c1ccc(Cl)cc1)N2)c1ccc(F)cc1. The van der Waals surface area contributed by atoms with Gasteiger partial charge in [0.15, 0.2) is 0 Å².